The highest BCUT2D eigenvalue weighted by Crippen LogP contribution is 2.33. The number of carbonyl (C=O) groups excluding carboxylic acids is 1. The SMILES string of the molecule is CCCCCC(=O)Nc1nc(CC)c(-c2nc(-c3ccccc3)no2)s1. The highest BCUT2D eigenvalue weighted by Gasteiger charge is 2.19. The number of unbranched alkanes of at least 4 members (excludes halogenated alkanes) is 2. The Bertz CT molecular complexity index is 858. The van der Waals surface area contributed by atoms with E-state index in [0.29, 0.717) is 23.3 Å². The van der Waals surface area contributed by atoms with Crippen molar-refractivity contribution in [1.29, 1.82) is 0 Å². The monoisotopic (exact) mass is 370 g/mol. The van der Waals surface area contributed by atoms with Crippen molar-refractivity contribution in [3.8, 4) is 22.2 Å². The van der Waals surface area contributed by atoms with Crippen LogP contribution in [-0.4, -0.2) is 21.0 Å². The Labute approximate surface area is 156 Å². The summed E-state index contributed by atoms with van der Waals surface area (Å²) >= 11 is 1.37. The van der Waals surface area contributed by atoms with Gasteiger partial charge in [-0.2, -0.15) is 4.98 Å². The summed E-state index contributed by atoms with van der Waals surface area (Å²) in [5.41, 5.74) is 1.75. The molecule has 6 nitrogen and oxygen atoms in total. The molecular weight excluding hydrogens is 348 g/mol. The molecule has 3 aromatic rings. The van der Waals surface area contributed by atoms with E-state index in [9.17, 15) is 4.79 Å². The Morgan fingerprint density at radius 3 is 2.69 bits per heavy atom. The van der Waals surface area contributed by atoms with Crippen molar-refractivity contribution in [3.63, 3.8) is 0 Å². The smallest absolute Gasteiger partial charge is 0.270 e. The molecule has 0 radical (unpaired) electrons. The largest absolute Gasteiger partial charge is 0.333 e. The first-order valence-corrected chi connectivity index (χ1v) is 9.72. The predicted molar refractivity (Wildman–Crippen MR) is 103 cm³/mol. The number of rotatable bonds is 8. The number of thiazole rings is 1. The zero-order valence-corrected chi connectivity index (χ0v) is 15.8. The average molecular weight is 370 g/mol. The lowest BCUT2D eigenvalue weighted by Crippen LogP contribution is -2.10. The van der Waals surface area contributed by atoms with Gasteiger partial charge in [-0.15, -0.1) is 0 Å². The molecule has 0 saturated heterocycles. The fraction of sp³-hybridized carbons (Fsp3) is 0.368. The molecule has 0 atom stereocenters. The Morgan fingerprint density at radius 1 is 1.15 bits per heavy atom. The topological polar surface area (TPSA) is 80.9 Å². The minimum Gasteiger partial charge on any atom is -0.333 e. The molecule has 1 N–H and O–H groups in total. The van der Waals surface area contributed by atoms with Gasteiger partial charge in [0.25, 0.3) is 5.89 Å². The summed E-state index contributed by atoms with van der Waals surface area (Å²) in [5.74, 6) is 0.975. The van der Waals surface area contributed by atoms with Crippen LogP contribution in [0.15, 0.2) is 34.9 Å². The molecule has 1 amide bonds. The van der Waals surface area contributed by atoms with E-state index in [1.807, 2.05) is 37.3 Å². The number of aromatic nitrogens is 3. The van der Waals surface area contributed by atoms with Gasteiger partial charge in [-0.3, -0.25) is 4.79 Å². The molecule has 0 aliphatic heterocycles. The molecule has 0 saturated carbocycles. The molecule has 1 aromatic carbocycles. The molecule has 0 spiro atoms. The maximum Gasteiger partial charge on any atom is 0.270 e. The molecule has 0 bridgehead atoms. The number of anilines is 1. The second-order valence-electron chi connectivity index (χ2n) is 5.94. The van der Waals surface area contributed by atoms with Gasteiger partial charge in [0.2, 0.25) is 11.7 Å². The number of amides is 1. The summed E-state index contributed by atoms with van der Waals surface area (Å²) in [7, 11) is 0. The van der Waals surface area contributed by atoms with E-state index in [4.69, 9.17) is 4.52 Å². The zero-order valence-electron chi connectivity index (χ0n) is 15.0. The summed E-state index contributed by atoms with van der Waals surface area (Å²) < 4.78 is 5.44. The maximum absolute atomic E-state index is 12.0. The van der Waals surface area contributed by atoms with Crippen LogP contribution in [0.2, 0.25) is 0 Å². The van der Waals surface area contributed by atoms with Crippen molar-refractivity contribution in [2.24, 2.45) is 0 Å². The van der Waals surface area contributed by atoms with E-state index in [1.54, 1.807) is 0 Å². The molecule has 0 fully saturated rings. The molecule has 136 valence electrons. The maximum atomic E-state index is 12.0. The van der Waals surface area contributed by atoms with Crippen molar-refractivity contribution >= 4 is 22.4 Å². The minimum atomic E-state index is -0.00286. The highest BCUT2D eigenvalue weighted by molar-refractivity contribution is 7.19. The van der Waals surface area contributed by atoms with Crippen LogP contribution in [-0.2, 0) is 11.2 Å². The van der Waals surface area contributed by atoms with Gasteiger partial charge >= 0.3 is 0 Å². The van der Waals surface area contributed by atoms with Gasteiger partial charge in [0.1, 0.15) is 4.88 Å². The van der Waals surface area contributed by atoms with Crippen LogP contribution in [0.1, 0.15) is 45.2 Å². The van der Waals surface area contributed by atoms with Gasteiger partial charge in [0.05, 0.1) is 5.69 Å². The van der Waals surface area contributed by atoms with Crippen molar-refractivity contribution in [2.75, 3.05) is 5.32 Å². The first-order chi connectivity index (χ1) is 12.7. The van der Waals surface area contributed by atoms with Crippen molar-refractivity contribution in [2.45, 2.75) is 46.0 Å². The van der Waals surface area contributed by atoms with Gasteiger partial charge < -0.3 is 9.84 Å². The van der Waals surface area contributed by atoms with Crippen molar-refractivity contribution < 1.29 is 9.32 Å². The number of carbonyl (C=O) groups is 1. The summed E-state index contributed by atoms with van der Waals surface area (Å²) in [6.45, 7) is 4.13. The number of hydrogen-bond donors (Lipinski definition) is 1. The number of nitrogens with zero attached hydrogens (tertiary/aromatic N) is 3. The lowest BCUT2D eigenvalue weighted by molar-refractivity contribution is -0.116. The van der Waals surface area contributed by atoms with E-state index in [1.165, 1.54) is 11.3 Å². The third-order valence-corrected chi connectivity index (χ3v) is 4.94. The third kappa shape index (κ3) is 4.35. The summed E-state index contributed by atoms with van der Waals surface area (Å²) in [6.07, 6.45) is 4.28. The number of benzene rings is 1. The van der Waals surface area contributed by atoms with Crippen LogP contribution in [0.4, 0.5) is 5.13 Å². The fourth-order valence-electron chi connectivity index (χ4n) is 2.55. The van der Waals surface area contributed by atoms with E-state index >= 15 is 0 Å². The minimum absolute atomic E-state index is 0.00286. The fourth-order valence-corrected chi connectivity index (χ4v) is 3.54. The average Bonchev–Trinajstić information content (AvgIpc) is 3.29. The van der Waals surface area contributed by atoms with Gasteiger partial charge in [0.15, 0.2) is 5.13 Å². The Hall–Kier alpha value is -2.54. The third-order valence-electron chi connectivity index (χ3n) is 3.94. The molecule has 2 heterocycles. The summed E-state index contributed by atoms with van der Waals surface area (Å²) in [4.78, 5) is 21.8. The zero-order chi connectivity index (χ0) is 18.4. The molecule has 3 rings (SSSR count). The van der Waals surface area contributed by atoms with Crippen molar-refractivity contribution in [3.05, 3.63) is 36.0 Å². The number of hydrogen-bond acceptors (Lipinski definition) is 6. The number of aryl methyl sites for hydroxylation is 1. The van der Waals surface area contributed by atoms with Gasteiger partial charge in [-0.1, -0.05) is 73.5 Å². The van der Waals surface area contributed by atoms with E-state index in [2.05, 4.69) is 27.4 Å². The standard InChI is InChI=1S/C19H22N4O2S/c1-3-5-7-12-15(24)21-19-20-14(4-2)16(26-19)18-22-17(23-25-18)13-10-8-6-9-11-13/h6,8-11H,3-5,7,12H2,1-2H3,(H,20,21,24). The molecule has 0 unspecified atom stereocenters. The Morgan fingerprint density at radius 2 is 1.96 bits per heavy atom. The quantitative estimate of drug-likeness (QED) is 0.568. The first kappa shape index (κ1) is 18.3. The van der Waals surface area contributed by atoms with E-state index in [-0.39, 0.29) is 5.91 Å². The molecule has 7 heteroatoms. The lowest BCUT2D eigenvalue weighted by Gasteiger charge is -2.00. The van der Waals surface area contributed by atoms with Crippen LogP contribution in [0.25, 0.3) is 22.2 Å². The highest BCUT2D eigenvalue weighted by atomic mass is 32.1. The molecule has 0 aliphatic rings. The van der Waals surface area contributed by atoms with E-state index < -0.39 is 0 Å². The molecule has 26 heavy (non-hydrogen) atoms. The van der Waals surface area contributed by atoms with Crippen molar-refractivity contribution in [1.82, 2.24) is 15.1 Å². The van der Waals surface area contributed by atoms with E-state index in [0.717, 1.165) is 41.8 Å². The van der Waals surface area contributed by atoms with Crippen LogP contribution in [0.5, 0.6) is 0 Å². The normalized spacial score (nSPS) is 10.8. The lowest BCUT2D eigenvalue weighted by atomic mass is 10.2. The number of nitrogens with one attached hydrogen (secondary N) is 1. The Balaban J connectivity index is 1.77. The summed E-state index contributed by atoms with van der Waals surface area (Å²) in [5, 5.41) is 7.53. The van der Waals surface area contributed by atoms with Crippen LogP contribution in [0.3, 0.4) is 0 Å². The van der Waals surface area contributed by atoms with Crippen LogP contribution < -0.4 is 5.32 Å². The molecular formula is C19H22N4O2S. The van der Waals surface area contributed by atoms with Gasteiger partial charge in [-0.05, 0) is 12.8 Å². The Kier molecular flexibility index (Phi) is 6.12. The molecule has 2 aromatic heterocycles. The van der Waals surface area contributed by atoms with Gasteiger partial charge in [0, 0.05) is 12.0 Å². The van der Waals surface area contributed by atoms with Crippen LogP contribution >= 0.6 is 11.3 Å². The van der Waals surface area contributed by atoms with Crippen LogP contribution in [0, 0.1) is 0 Å². The second-order valence-corrected chi connectivity index (χ2v) is 6.94. The second kappa shape index (κ2) is 8.71. The molecule has 0 aliphatic carbocycles. The van der Waals surface area contributed by atoms with Gasteiger partial charge in [-0.25, -0.2) is 4.98 Å². The summed E-state index contributed by atoms with van der Waals surface area (Å²) in [6, 6.07) is 9.68. The first-order valence-electron chi connectivity index (χ1n) is 8.90. The predicted octanol–water partition coefficient (Wildman–Crippen LogP) is 4.94.